The van der Waals surface area contributed by atoms with Crippen molar-refractivity contribution in [3.63, 3.8) is 0 Å². The van der Waals surface area contributed by atoms with Gasteiger partial charge in [0.1, 0.15) is 5.76 Å². The van der Waals surface area contributed by atoms with Gasteiger partial charge in [-0.05, 0) is 18.2 Å². The molecule has 2 aromatic rings. The average molecular weight is 299 g/mol. The van der Waals surface area contributed by atoms with Gasteiger partial charge in [0.05, 0.1) is 19.4 Å². The van der Waals surface area contributed by atoms with Crippen LogP contribution in [-0.4, -0.2) is 38.4 Å². The van der Waals surface area contributed by atoms with Crippen LogP contribution in [0, 0.1) is 0 Å². The lowest BCUT2D eigenvalue weighted by atomic mass is 10.2. The fourth-order valence-corrected chi connectivity index (χ4v) is 2.17. The summed E-state index contributed by atoms with van der Waals surface area (Å²) in [6.45, 7) is 3.04. The number of ether oxygens (including phenoxy) is 1. The fourth-order valence-electron chi connectivity index (χ4n) is 2.17. The number of nitrogens with one attached hydrogen (secondary N) is 1. The van der Waals surface area contributed by atoms with Gasteiger partial charge in [-0.2, -0.15) is 5.10 Å². The second kappa shape index (κ2) is 6.91. The van der Waals surface area contributed by atoms with Gasteiger partial charge in [-0.15, -0.1) is 0 Å². The van der Waals surface area contributed by atoms with Gasteiger partial charge < -0.3 is 14.1 Å². The molecule has 2 heterocycles. The molecule has 1 amide bonds. The number of hydrogen-bond acceptors (Lipinski definition) is 5. The number of hydrazone groups is 1. The number of carbonyl (C=O) groups excluding carboxylic acids is 1. The van der Waals surface area contributed by atoms with E-state index >= 15 is 0 Å². The normalized spacial score (nSPS) is 15.2. The second-order valence-electron chi connectivity index (χ2n) is 4.84. The van der Waals surface area contributed by atoms with Crippen molar-refractivity contribution in [2.75, 3.05) is 31.2 Å². The summed E-state index contributed by atoms with van der Waals surface area (Å²) in [4.78, 5) is 13.9. The molecule has 0 radical (unpaired) electrons. The molecule has 1 aromatic heterocycles. The van der Waals surface area contributed by atoms with Crippen molar-refractivity contribution in [3.8, 4) is 0 Å². The van der Waals surface area contributed by atoms with Crippen LogP contribution < -0.4 is 10.3 Å². The lowest BCUT2D eigenvalue weighted by Gasteiger charge is -2.26. The Morgan fingerprint density at radius 1 is 1.14 bits per heavy atom. The first kappa shape index (κ1) is 14.3. The molecule has 0 bridgehead atoms. The number of rotatable bonds is 4. The van der Waals surface area contributed by atoms with Crippen molar-refractivity contribution in [2.24, 2.45) is 5.10 Å². The third-order valence-electron chi connectivity index (χ3n) is 3.33. The number of carbonyl (C=O) groups is 1. The topological polar surface area (TPSA) is 67.1 Å². The van der Waals surface area contributed by atoms with Gasteiger partial charge in [0, 0.05) is 24.7 Å². The Labute approximate surface area is 128 Å². The van der Waals surface area contributed by atoms with Crippen LogP contribution in [-0.2, 0) is 4.74 Å². The van der Waals surface area contributed by atoms with E-state index in [0.717, 1.165) is 19.0 Å². The predicted octanol–water partition coefficient (Wildman–Crippen LogP) is 1.88. The van der Waals surface area contributed by atoms with E-state index in [1.54, 1.807) is 24.3 Å². The highest BCUT2D eigenvalue weighted by molar-refractivity contribution is 5.94. The van der Waals surface area contributed by atoms with Gasteiger partial charge in [-0.3, -0.25) is 4.79 Å². The molecule has 1 aromatic carbocycles. The van der Waals surface area contributed by atoms with Crippen molar-refractivity contribution < 1.29 is 13.9 Å². The minimum absolute atomic E-state index is 0.253. The van der Waals surface area contributed by atoms with E-state index in [1.165, 1.54) is 6.21 Å². The number of amides is 1. The molecule has 0 saturated carbocycles. The van der Waals surface area contributed by atoms with E-state index in [9.17, 15) is 4.79 Å². The van der Waals surface area contributed by atoms with E-state index in [2.05, 4.69) is 15.4 Å². The van der Waals surface area contributed by atoms with E-state index in [4.69, 9.17) is 9.15 Å². The van der Waals surface area contributed by atoms with Gasteiger partial charge in [0.15, 0.2) is 5.88 Å². The summed E-state index contributed by atoms with van der Waals surface area (Å²) in [7, 11) is 0. The number of hydrogen-bond donors (Lipinski definition) is 1. The van der Waals surface area contributed by atoms with Gasteiger partial charge in [0.2, 0.25) is 0 Å². The molecular formula is C16H17N3O3. The maximum absolute atomic E-state index is 11.8. The Bertz CT molecular complexity index is 646. The average Bonchev–Trinajstić information content (AvgIpc) is 3.05. The van der Waals surface area contributed by atoms with Gasteiger partial charge in [-0.1, -0.05) is 18.2 Å². The SMILES string of the molecule is O=C(NN=Cc1ccc(N2CCOCC2)o1)c1ccccc1. The maximum Gasteiger partial charge on any atom is 0.271 e. The molecule has 1 aliphatic heterocycles. The molecule has 1 N–H and O–H groups in total. The first-order chi connectivity index (χ1) is 10.8. The fraction of sp³-hybridized carbons (Fsp3) is 0.250. The lowest BCUT2D eigenvalue weighted by molar-refractivity contribution is 0.0955. The van der Waals surface area contributed by atoms with Crippen LogP contribution in [0.25, 0.3) is 0 Å². The quantitative estimate of drug-likeness (QED) is 0.691. The van der Waals surface area contributed by atoms with Crippen molar-refractivity contribution in [1.29, 1.82) is 0 Å². The summed E-state index contributed by atoms with van der Waals surface area (Å²) in [6, 6.07) is 12.6. The summed E-state index contributed by atoms with van der Waals surface area (Å²) in [5.74, 6) is 1.13. The van der Waals surface area contributed by atoms with Crippen LogP contribution in [0.1, 0.15) is 16.1 Å². The van der Waals surface area contributed by atoms with Gasteiger partial charge in [0.25, 0.3) is 5.91 Å². The summed E-state index contributed by atoms with van der Waals surface area (Å²) in [5, 5.41) is 3.91. The second-order valence-corrected chi connectivity index (χ2v) is 4.84. The largest absolute Gasteiger partial charge is 0.440 e. The highest BCUT2D eigenvalue weighted by Crippen LogP contribution is 2.18. The molecule has 0 aliphatic carbocycles. The maximum atomic E-state index is 11.8. The number of morpholine rings is 1. The lowest BCUT2D eigenvalue weighted by Crippen LogP contribution is -2.35. The molecule has 0 unspecified atom stereocenters. The van der Waals surface area contributed by atoms with Crippen LogP contribution in [0.5, 0.6) is 0 Å². The molecule has 1 saturated heterocycles. The van der Waals surface area contributed by atoms with Gasteiger partial charge >= 0.3 is 0 Å². The Morgan fingerprint density at radius 2 is 1.91 bits per heavy atom. The Balaban J connectivity index is 1.57. The molecule has 6 heteroatoms. The molecular weight excluding hydrogens is 282 g/mol. The minimum atomic E-state index is -0.253. The van der Waals surface area contributed by atoms with Crippen molar-refractivity contribution in [3.05, 3.63) is 53.8 Å². The first-order valence-corrected chi connectivity index (χ1v) is 7.14. The number of benzene rings is 1. The zero-order valence-electron chi connectivity index (χ0n) is 12.1. The Morgan fingerprint density at radius 3 is 2.68 bits per heavy atom. The summed E-state index contributed by atoms with van der Waals surface area (Å²) in [6.07, 6.45) is 1.49. The van der Waals surface area contributed by atoms with Crippen LogP contribution in [0.3, 0.4) is 0 Å². The first-order valence-electron chi connectivity index (χ1n) is 7.14. The monoisotopic (exact) mass is 299 g/mol. The van der Waals surface area contributed by atoms with Crippen LogP contribution in [0.15, 0.2) is 52.0 Å². The number of anilines is 1. The van der Waals surface area contributed by atoms with Crippen LogP contribution >= 0.6 is 0 Å². The van der Waals surface area contributed by atoms with Crippen LogP contribution in [0.4, 0.5) is 5.88 Å². The summed E-state index contributed by atoms with van der Waals surface area (Å²) in [5.41, 5.74) is 3.04. The highest BCUT2D eigenvalue weighted by atomic mass is 16.5. The Hall–Kier alpha value is -2.60. The zero-order chi connectivity index (χ0) is 15.2. The molecule has 0 atom stereocenters. The minimum Gasteiger partial charge on any atom is -0.440 e. The molecule has 114 valence electrons. The third-order valence-corrected chi connectivity index (χ3v) is 3.33. The van der Waals surface area contributed by atoms with E-state index in [1.807, 2.05) is 18.2 Å². The molecule has 1 aliphatic rings. The smallest absolute Gasteiger partial charge is 0.271 e. The summed E-state index contributed by atoms with van der Waals surface area (Å²) >= 11 is 0. The predicted molar refractivity (Wildman–Crippen MR) is 83.2 cm³/mol. The zero-order valence-corrected chi connectivity index (χ0v) is 12.1. The molecule has 22 heavy (non-hydrogen) atoms. The molecule has 1 fully saturated rings. The Kier molecular flexibility index (Phi) is 4.50. The number of nitrogens with zero attached hydrogens (tertiary/aromatic N) is 2. The van der Waals surface area contributed by atoms with Crippen LogP contribution in [0.2, 0.25) is 0 Å². The molecule has 3 rings (SSSR count). The standard InChI is InChI=1S/C16H17N3O3/c20-16(13-4-2-1-3-5-13)18-17-12-14-6-7-15(22-14)19-8-10-21-11-9-19/h1-7,12H,8-11H2,(H,18,20). The van der Waals surface area contributed by atoms with Crippen molar-refractivity contribution in [2.45, 2.75) is 0 Å². The molecule has 0 spiro atoms. The number of furan rings is 1. The van der Waals surface area contributed by atoms with E-state index in [-0.39, 0.29) is 5.91 Å². The van der Waals surface area contributed by atoms with Crippen molar-refractivity contribution >= 4 is 18.0 Å². The van der Waals surface area contributed by atoms with E-state index < -0.39 is 0 Å². The molecule has 6 nitrogen and oxygen atoms in total. The van der Waals surface area contributed by atoms with Gasteiger partial charge in [-0.25, -0.2) is 5.43 Å². The highest BCUT2D eigenvalue weighted by Gasteiger charge is 2.14. The third kappa shape index (κ3) is 3.53. The van der Waals surface area contributed by atoms with Crippen molar-refractivity contribution in [1.82, 2.24) is 5.43 Å². The van der Waals surface area contributed by atoms with E-state index in [0.29, 0.717) is 24.5 Å². The summed E-state index contributed by atoms with van der Waals surface area (Å²) < 4.78 is 11.0.